The summed E-state index contributed by atoms with van der Waals surface area (Å²) < 4.78 is 5.28. The van der Waals surface area contributed by atoms with Gasteiger partial charge in [-0.1, -0.05) is 0 Å². The quantitative estimate of drug-likeness (QED) is 0.733. The molecule has 0 aliphatic carbocycles. The Bertz CT molecular complexity index is 1050. The number of amides is 1. The van der Waals surface area contributed by atoms with Gasteiger partial charge in [0.15, 0.2) is 0 Å². The number of ether oxygens (including phenoxy) is 1. The van der Waals surface area contributed by atoms with Gasteiger partial charge in [-0.2, -0.15) is 0 Å². The van der Waals surface area contributed by atoms with Gasteiger partial charge in [0.1, 0.15) is 11.5 Å². The van der Waals surface area contributed by atoms with E-state index in [4.69, 9.17) is 4.74 Å². The van der Waals surface area contributed by atoms with Crippen LogP contribution in [0.15, 0.2) is 47.8 Å². The summed E-state index contributed by atoms with van der Waals surface area (Å²) in [5.41, 5.74) is 1.02. The summed E-state index contributed by atoms with van der Waals surface area (Å²) in [5, 5.41) is 0. The van der Waals surface area contributed by atoms with E-state index in [0.717, 1.165) is 6.42 Å². The summed E-state index contributed by atoms with van der Waals surface area (Å²) in [7, 11) is 1.51. The Kier molecular flexibility index (Phi) is 4.79. The van der Waals surface area contributed by atoms with Crippen LogP contribution in [-0.4, -0.2) is 49.4 Å². The predicted octanol–water partition coefficient (Wildman–Crippen LogP) is 1.61. The van der Waals surface area contributed by atoms with Crippen LogP contribution in [0.1, 0.15) is 35.2 Å². The van der Waals surface area contributed by atoms with Crippen LogP contribution in [0.2, 0.25) is 0 Å². The second-order valence-corrected chi connectivity index (χ2v) is 6.32. The molecule has 9 heteroatoms. The summed E-state index contributed by atoms with van der Waals surface area (Å²) in [5.74, 6) is 0.580. The SMILES string of the molecule is COc1ncccc1-c1cc(=O)[nH]c(C2CCCN2C(=O)c2cnccn2)n1. The number of nitrogens with zero attached hydrogens (tertiary/aromatic N) is 5. The van der Waals surface area contributed by atoms with E-state index in [0.29, 0.717) is 35.9 Å². The van der Waals surface area contributed by atoms with Gasteiger partial charge in [0.25, 0.3) is 11.5 Å². The van der Waals surface area contributed by atoms with E-state index < -0.39 is 0 Å². The molecular weight excluding hydrogens is 360 g/mol. The van der Waals surface area contributed by atoms with Crippen molar-refractivity contribution in [2.45, 2.75) is 18.9 Å². The van der Waals surface area contributed by atoms with Crippen molar-refractivity contribution in [3.8, 4) is 17.1 Å². The lowest BCUT2D eigenvalue weighted by Gasteiger charge is -2.23. The van der Waals surface area contributed by atoms with Gasteiger partial charge in [-0.05, 0) is 25.0 Å². The van der Waals surface area contributed by atoms with E-state index >= 15 is 0 Å². The first kappa shape index (κ1) is 17.8. The number of aromatic amines is 1. The lowest BCUT2D eigenvalue weighted by molar-refractivity contribution is 0.0723. The van der Waals surface area contributed by atoms with Crippen LogP contribution in [0.3, 0.4) is 0 Å². The molecule has 0 bridgehead atoms. The average molecular weight is 378 g/mol. The number of likely N-dealkylation sites (tertiary alicyclic amines) is 1. The van der Waals surface area contributed by atoms with Gasteiger partial charge < -0.3 is 14.6 Å². The molecule has 1 fully saturated rings. The summed E-state index contributed by atoms with van der Waals surface area (Å²) in [6.45, 7) is 0.560. The number of carbonyl (C=O) groups is 1. The fourth-order valence-electron chi connectivity index (χ4n) is 3.37. The number of pyridine rings is 1. The highest BCUT2D eigenvalue weighted by Gasteiger charge is 2.33. The number of hydrogen-bond donors (Lipinski definition) is 1. The molecule has 0 radical (unpaired) electrons. The molecule has 1 aliphatic rings. The maximum absolute atomic E-state index is 12.8. The van der Waals surface area contributed by atoms with Crippen LogP contribution < -0.4 is 10.3 Å². The molecule has 3 aromatic rings. The first-order chi connectivity index (χ1) is 13.7. The maximum atomic E-state index is 12.8. The van der Waals surface area contributed by atoms with Crippen LogP contribution in [0.5, 0.6) is 5.88 Å². The van der Waals surface area contributed by atoms with E-state index in [2.05, 4.69) is 24.9 Å². The molecule has 4 heterocycles. The zero-order chi connectivity index (χ0) is 19.5. The Morgan fingerprint density at radius 3 is 2.96 bits per heavy atom. The summed E-state index contributed by atoms with van der Waals surface area (Å²) >= 11 is 0. The van der Waals surface area contributed by atoms with Gasteiger partial charge >= 0.3 is 0 Å². The molecule has 0 aromatic carbocycles. The maximum Gasteiger partial charge on any atom is 0.274 e. The summed E-state index contributed by atoms with van der Waals surface area (Å²) in [6, 6.07) is 4.59. The second kappa shape index (κ2) is 7.55. The number of nitrogens with one attached hydrogen (secondary N) is 1. The van der Waals surface area contributed by atoms with Gasteiger partial charge in [0, 0.05) is 31.2 Å². The molecule has 1 amide bonds. The van der Waals surface area contributed by atoms with Gasteiger partial charge in [-0.15, -0.1) is 0 Å². The van der Waals surface area contributed by atoms with Crippen LogP contribution in [-0.2, 0) is 0 Å². The number of hydrogen-bond acceptors (Lipinski definition) is 7. The normalized spacial score (nSPS) is 16.2. The van der Waals surface area contributed by atoms with Gasteiger partial charge in [-0.25, -0.2) is 15.0 Å². The third-order valence-corrected chi connectivity index (χ3v) is 4.61. The summed E-state index contributed by atoms with van der Waals surface area (Å²) in [4.78, 5) is 46.4. The molecular formula is C19H18N6O3. The van der Waals surface area contributed by atoms with Crippen molar-refractivity contribution in [3.63, 3.8) is 0 Å². The Morgan fingerprint density at radius 1 is 1.29 bits per heavy atom. The molecule has 0 spiro atoms. The second-order valence-electron chi connectivity index (χ2n) is 6.32. The third-order valence-electron chi connectivity index (χ3n) is 4.61. The number of H-pyrrole nitrogens is 1. The molecule has 142 valence electrons. The zero-order valence-electron chi connectivity index (χ0n) is 15.2. The lowest BCUT2D eigenvalue weighted by Crippen LogP contribution is -2.33. The van der Waals surface area contributed by atoms with Crippen molar-refractivity contribution < 1.29 is 9.53 Å². The standard InChI is InChI=1S/C19H18N6O3/c1-28-18-12(4-2-6-22-18)13-10-16(26)24-17(23-13)15-5-3-9-25(15)19(27)14-11-20-7-8-21-14/h2,4,6-8,10-11,15H,3,5,9H2,1H3,(H,23,24,26). The molecule has 1 aliphatic heterocycles. The molecule has 28 heavy (non-hydrogen) atoms. The lowest BCUT2D eigenvalue weighted by atomic mass is 10.1. The number of rotatable bonds is 4. The number of methoxy groups -OCH3 is 1. The molecule has 4 rings (SSSR count). The molecule has 0 saturated carbocycles. The fraction of sp³-hybridized carbons (Fsp3) is 0.263. The minimum Gasteiger partial charge on any atom is -0.481 e. The third kappa shape index (κ3) is 3.34. The minimum atomic E-state index is -0.343. The van der Waals surface area contributed by atoms with E-state index in [1.807, 2.05) is 0 Å². The zero-order valence-corrected chi connectivity index (χ0v) is 15.2. The minimum absolute atomic E-state index is 0.234. The van der Waals surface area contributed by atoms with E-state index in [1.165, 1.54) is 31.8 Å². The van der Waals surface area contributed by atoms with Gasteiger partial charge in [-0.3, -0.25) is 14.6 Å². The first-order valence-electron chi connectivity index (χ1n) is 8.85. The van der Waals surface area contributed by atoms with Crippen molar-refractivity contribution in [1.29, 1.82) is 0 Å². The van der Waals surface area contributed by atoms with Crippen molar-refractivity contribution in [2.24, 2.45) is 0 Å². The Hall–Kier alpha value is -3.62. The molecule has 3 aromatic heterocycles. The molecule has 1 saturated heterocycles. The highest BCUT2D eigenvalue weighted by atomic mass is 16.5. The van der Waals surface area contributed by atoms with Crippen LogP contribution >= 0.6 is 0 Å². The topological polar surface area (TPSA) is 114 Å². The van der Waals surface area contributed by atoms with E-state index in [9.17, 15) is 9.59 Å². The largest absolute Gasteiger partial charge is 0.481 e. The smallest absolute Gasteiger partial charge is 0.274 e. The fourth-order valence-corrected chi connectivity index (χ4v) is 3.37. The molecule has 1 unspecified atom stereocenters. The van der Waals surface area contributed by atoms with Crippen LogP contribution in [0.4, 0.5) is 0 Å². The summed E-state index contributed by atoms with van der Waals surface area (Å²) in [6.07, 6.45) is 7.54. The Labute approximate surface area is 160 Å². The van der Waals surface area contributed by atoms with Crippen LogP contribution in [0.25, 0.3) is 11.3 Å². The Morgan fingerprint density at radius 2 is 2.18 bits per heavy atom. The van der Waals surface area contributed by atoms with Crippen molar-refractivity contribution >= 4 is 5.91 Å². The highest BCUT2D eigenvalue weighted by molar-refractivity contribution is 5.92. The average Bonchev–Trinajstić information content (AvgIpc) is 3.23. The predicted molar refractivity (Wildman–Crippen MR) is 99.7 cm³/mol. The monoisotopic (exact) mass is 378 g/mol. The van der Waals surface area contributed by atoms with Crippen LogP contribution in [0, 0.1) is 0 Å². The molecule has 1 N–H and O–H groups in total. The van der Waals surface area contributed by atoms with Crippen molar-refractivity contribution in [2.75, 3.05) is 13.7 Å². The molecule has 9 nitrogen and oxygen atoms in total. The van der Waals surface area contributed by atoms with E-state index in [-0.39, 0.29) is 23.2 Å². The molecule has 1 atom stereocenters. The van der Waals surface area contributed by atoms with E-state index in [1.54, 1.807) is 23.2 Å². The first-order valence-corrected chi connectivity index (χ1v) is 8.85. The van der Waals surface area contributed by atoms with Crippen molar-refractivity contribution in [1.82, 2.24) is 29.8 Å². The van der Waals surface area contributed by atoms with Gasteiger partial charge in [0.2, 0.25) is 5.88 Å². The Balaban J connectivity index is 1.72. The number of aromatic nitrogens is 5. The van der Waals surface area contributed by atoms with Gasteiger partial charge in [0.05, 0.1) is 30.6 Å². The van der Waals surface area contributed by atoms with Crippen molar-refractivity contribution in [3.05, 3.63) is 64.9 Å². The number of carbonyl (C=O) groups excluding carboxylic acids is 1. The highest BCUT2D eigenvalue weighted by Crippen LogP contribution is 2.32.